The van der Waals surface area contributed by atoms with Crippen molar-refractivity contribution in [2.45, 2.75) is 65.0 Å². The van der Waals surface area contributed by atoms with E-state index in [0.29, 0.717) is 48.4 Å². The van der Waals surface area contributed by atoms with Gasteiger partial charge in [0.25, 0.3) is 11.8 Å². The zero-order valence-electron chi connectivity index (χ0n) is 29.3. The van der Waals surface area contributed by atoms with Crippen LogP contribution in [0.2, 0.25) is 0 Å². The van der Waals surface area contributed by atoms with Crippen LogP contribution in [0, 0.1) is 6.92 Å². The maximum atomic E-state index is 13.3. The van der Waals surface area contributed by atoms with Gasteiger partial charge in [0.2, 0.25) is 11.8 Å². The van der Waals surface area contributed by atoms with E-state index < -0.39 is 12.1 Å². The molecule has 10 heteroatoms. The Morgan fingerprint density at radius 2 is 1.45 bits per heavy atom. The SMILES string of the molecule is C/C=C\C(=C/CC)C(=O)N1CCC[C@H]1C(=O)Nc1ccc(-c2[nH]cnc2-c2ccc(NC(=O)[C@@H]3CCCN3C(=O)c3cccc(C)c3)cc2)cc1. The first-order chi connectivity index (χ1) is 24.8. The van der Waals surface area contributed by atoms with Gasteiger partial charge in [-0.1, -0.05) is 67.1 Å². The highest BCUT2D eigenvalue weighted by molar-refractivity contribution is 6.03. The van der Waals surface area contributed by atoms with Gasteiger partial charge in [-0.15, -0.1) is 0 Å². The van der Waals surface area contributed by atoms with E-state index in [1.807, 2.05) is 99.7 Å². The molecule has 3 aromatic carbocycles. The summed E-state index contributed by atoms with van der Waals surface area (Å²) in [4.78, 5) is 64.2. The number of amides is 4. The summed E-state index contributed by atoms with van der Waals surface area (Å²) >= 11 is 0. The van der Waals surface area contributed by atoms with Crippen LogP contribution in [0.4, 0.5) is 11.4 Å². The number of imidazole rings is 1. The van der Waals surface area contributed by atoms with E-state index in [0.717, 1.165) is 47.3 Å². The number of hydrogen-bond donors (Lipinski definition) is 3. The van der Waals surface area contributed by atoms with Crippen molar-refractivity contribution in [3.63, 3.8) is 0 Å². The molecule has 0 radical (unpaired) electrons. The molecule has 2 fully saturated rings. The van der Waals surface area contributed by atoms with E-state index in [2.05, 4.69) is 20.6 Å². The third-order valence-electron chi connectivity index (χ3n) is 9.42. The molecular weight excluding hydrogens is 640 g/mol. The first-order valence-corrected chi connectivity index (χ1v) is 17.6. The second-order valence-corrected chi connectivity index (χ2v) is 13.0. The van der Waals surface area contributed by atoms with E-state index in [9.17, 15) is 19.2 Å². The van der Waals surface area contributed by atoms with Gasteiger partial charge in [0.1, 0.15) is 12.1 Å². The fourth-order valence-electron chi connectivity index (χ4n) is 6.92. The lowest BCUT2D eigenvalue weighted by atomic mass is 10.0. The average Bonchev–Trinajstić information content (AvgIpc) is 3.93. The van der Waals surface area contributed by atoms with Gasteiger partial charge in [0, 0.05) is 46.7 Å². The van der Waals surface area contributed by atoms with E-state index >= 15 is 0 Å². The molecule has 2 aliphatic heterocycles. The molecule has 4 amide bonds. The fraction of sp³-hybridized carbons (Fsp3) is 0.293. The highest BCUT2D eigenvalue weighted by atomic mass is 16.2. The molecule has 0 saturated carbocycles. The van der Waals surface area contributed by atoms with Gasteiger partial charge in [-0.25, -0.2) is 4.98 Å². The van der Waals surface area contributed by atoms with E-state index in [4.69, 9.17) is 0 Å². The third-order valence-corrected chi connectivity index (χ3v) is 9.42. The van der Waals surface area contributed by atoms with Gasteiger partial charge in [0.05, 0.1) is 17.7 Å². The lowest BCUT2D eigenvalue weighted by molar-refractivity contribution is -0.133. The predicted molar refractivity (Wildman–Crippen MR) is 200 cm³/mol. The van der Waals surface area contributed by atoms with Gasteiger partial charge in [-0.3, -0.25) is 19.2 Å². The van der Waals surface area contributed by atoms with Crippen molar-refractivity contribution >= 4 is 35.0 Å². The number of aromatic nitrogens is 2. The molecule has 0 aliphatic carbocycles. The van der Waals surface area contributed by atoms with E-state index in [-0.39, 0.29) is 23.6 Å². The van der Waals surface area contributed by atoms with Crippen molar-refractivity contribution in [1.29, 1.82) is 0 Å². The maximum Gasteiger partial charge on any atom is 0.254 e. The van der Waals surface area contributed by atoms with Crippen LogP contribution in [-0.2, 0) is 14.4 Å². The summed E-state index contributed by atoms with van der Waals surface area (Å²) in [6.45, 7) is 6.92. The summed E-state index contributed by atoms with van der Waals surface area (Å²) in [5.41, 5.74) is 6.79. The summed E-state index contributed by atoms with van der Waals surface area (Å²) in [5.74, 6) is -0.638. The number of anilines is 2. The van der Waals surface area contributed by atoms with Gasteiger partial charge >= 0.3 is 0 Å². The topological polar surface area (TPSA) is 128 Å². The highest BCUT2D eigenvalue weighted by Gasteiger charge is 2.36. The molecule has 6 rings (SSSR count). The first kappa shape index (κ1) is 35.1. The molecule has 3 heterocycles. The van der Waals surface area contributed by atoms with Crippen molar-refractivity contribution in [1.82, 2.24) is 19.8 Å². The Morgan fingerprint density at radius 3 is 2.06 bits per heavy atom. The summed E-state index contributed by atoms with van der Waals surface area (Å²) in [6, 6.07) is 21.4. The largest absolute Gasteiger partial charge is 0.344 e. The Morgan fingerprint density at radius 1 is 0.843 bits per heavy atom. The van der Waals surface area contributed by atoms with Crippen LogP contribution in [0.25, 0.3) is 22.5 Å². The number of aryl methyl sites for hydroxylation is 1. The average molecular weight is 685 g/mol. The van der Waals surface area contributed by atoms with Crippen LogP contribution < -0.4 is 10.6 Å². The molecule has 1 aromatic heterocycles. The van der Waals surface area contributed by atoms with Gasteiger partial charge in [-0.05, 0) is 82.3 Å². The minimum Gasteiger partial charge on any atom is -0.344 e. The number of carbonyl (C=O) groups excluding carboxylic acids is 4. The van der Waals surface area contributed by atoms with Crippen LogP contribution >= 0.6 is 0 Å². The lowest BCUT2D eigenvalue weighted by Gasteiger charge is -2.24. The maximum absolute atomic E-state index is 13.3. The molecule has 10 nitrogen and oxygen atoms in total. The molecule has 0 unspecified atom stereocenters. The van der Waals surface area contributed by atoms with Gasteiger partial charge in [-0.2, -0.15) is 0 Å². The van der Waals surface area contributed by atoms with Crippen molar-refractivity contribution in [3.05, 3.63) is 114 Å². The predicted octanol–water partition coefficient (Wildman–Crippen LogP) is 7.14. The fourth-order valence-corrected chi connectivity index (χ4v) is 6.92. The lowest BCUT2D eigenvalue weighted by Crippen LogP contribution is -2.43. The van der Waals surface area contributed by atoms with Crippen molar-refractivity contribution < 1.29 is 19.2 Å². The monoisotopic (exact) mass is 684 g/mol. The Kier molecular flexibility index (Phi) is 10.9. The number of nitrogens with one attached hydrogen (secondary N) is 3. The number of nitrogens with zero attached hydrogens (tertiary/aromatic N) is 3. The Balaban J connectivity index is 1.09. The minimum absolute atomic E-state index is 0.115. The van der Waals surface area contributed by atoms with Gasteiger partial charge in [0.15, 0.2) is 0 Å². The summed E-state index contributed by atoms with van der Waals surface area (Å²) in [6.07, 6.45) is 10.7. The van der Waals surface area contributed by atoms with Crippen molar-refractivity contribution in [3.8, 4) is 22.5 Å². The van der Waals surface area contributed by atoms with E-state index in [1.165, 1.54) is 0 Å². The van der Waals surface area contributed by atoms with Gasteiger partial charge < -0.3 is 25.4 Å². The number of benzene rings is 3. The number of rotatable bonds is 10. The smallest absolute Gasteiger partial charge is 0.254 e. The quantitative estimate of drug-likeness (QED) is 0.121. The normalized spacial score (nSPS) is 17.6. The van der Waals surface area contributed by atoms with Crippen LogP contribution in [0.3, 0.4) is 0 Å². The molecular formula is C41H44N6O4. The molecule has 262 valence electrons. The molecule has 2 atom stereocenters. The Labute approximate surface area is 298 Å². The number of H-pyrrole nitrogens is 1. The first-order valence-electron chi connectivity index (χ1n) is 17.6. The minimum atomic E-state index is -0.526. The zero-order valence-corrected chi connectivity index (χ0v) is 29.3. The number of carbonyl (C=O) groups is 4. The molecule has 3 N–H and O–H groups in total. The summed E-state index contributed by atoms with van der Waals surface area (Å²) in [5, 5.41) is 5.99. The molecule has 4 aromatic rings. The molecule has 0 spiro atoms. The van der Waals surface area contributed by atoms with Crippen LogP contribution in [0.1, 0.15) is 61.9 Å². The second-order valence-electron chi connectivity index (χ2n) is 13.0. The summed E-state index contributed by atoms with van der Waals surface area (Å²) in [7, 11) is 0. The standard InChI is InChI=1S/C41H44N6O4/c1-4-9-30(10-5-2)40(50)46-23-7-13-34(46)38(48)44-32-19-15-28(16-20-32)36-37(43-26-42-36)29-17-21-33(22-18-29)45-39(49)35-14-8-24-47(35)41(51)31-12-6-11-27(3)25-31/h4,6,9-12,15-22,25-26,34-35H,5,7-8,13-14,23-24H2,1-3H3,(H,42,43)(H,44,48)(H,45,49)/b9-4-,30-10+/t34-,35-/m0/s1. The molecule has 2 saturated heterocycles. The number of allylic oxidation sites excluding steroid dienone is 2. The molecule has 51 heavy (non-hydrogen) atoms. The van der Waals surface area contributed by atoms with E-state index in [1.54, 1.807) is 28.3 Å². The number of likely N-dealkylation sites (tertiary alicyclic amines) is 2. The van der Waals surface area contributed by atoms with Crippen molar-refractivity contribution in [2.75, 3.05) is 23.7 Å². The van der Waals surface area contributed by atoms with Crippen molar-refractivity contribution in [2.24, 2.45) is 0 Å². The van der Waals surface area contributed by atoms with Crippen LogP contribution in [0.15, 0.2) is 103 Å². The summed E-state index contributed by atoms with van der Waals surface area (Å²) < 4.78 is 0. The number of aromatic amines is 1. The van der Waals surface area contributed by atoms with Crippen LogP contribution in [0.5, 0.6) is 0 Å². The third kappa shape index (κ3) is 7.85. The number of hydrogen-bond acceptors (Lipinski definition) is 5. The van der Waals surface area contributed by atoms with Crippen LogP contribution in [-0.4, -0.2) is 68.6 Å². The Hall–Kier alpha value is -5.77. The Bertz CT molecular complexity index is 1960. The second kappa shape index (κ2) is 15.8. The molecule has 0 bridgehead atoms. The zero-order chi connectivity index (χ0) is 35.9. The highest BCUT2D eigenvalue weighted by Crippen LogP contribution is 2.31. The molecule has 2 aliphatic rings.